The van der Waals surface area contributed by atoms with Crippen molar-refractivity contribution in [3.63, 3.8) is 0 Å². The SMILES string of the molecule is C1=C(c2ccccc2)Nc2ncnn2C1c1cccc2ccccc12. The van der Waals surface area contributed by atoms with Gasteiger partial charge < -0.3 is 5.32 Å². The van der Waals surface area contributed by atoms with Crippen LogP contribution in [0.25, 0.3) is 16.5 Å². The highest BCUT2D eigenvalue weighted by molar-refractivity contribution is 5.87. The Hall–Kier alpha value is -3.40. The predicted molar refractivity (Wildman–Crippen MR) is 100 cm³/mol. The van der Waals surface area contributed by atoms with Crippen LogP contribution in [0.3, 0.4) is 0 Å². The molecule has 4 nitrogen and oxygen atoms in total. The largest absolute Gasteiger partial charge is 0.324 e. The second-order valence-electron chi connectivity index (χ2n) is 6.11. The number of hydrogen-bond acceptors (Lipinski definition) is 3. The molecular weight excluding hydrogens is 308 g/mol. The first kappa shape index (κ1) is 14.0. The van der Waals surface area contributed by atoms with Gasteiger partial charge in [-0.3, -0.25) is 0 Å². The molecule has 120 valence electrons. The van der Waals surface area contributed by atoms with Crippen LogP contribution in [-0.4, -0.2) is 14.8 Å². The summed E-state index contributed by atoms with van der Waals surface area (Å²) in [6.07, 6.45) is 3.82. The highest BCUT2D eigenvalue weighted by Gasteiger charge is 2.24. The van der Waals surface area contributed by atoms with Crippen LogP contribution in [0, 0.1) is 0 Å². The Bertz CT molecular complexity index is 1070. The maximum atomic E-state index is 4.45. The van der Waals surface area contributed by atoms with Gasteiger partial charge in [-0.05, 0) is 28.0 Å². The van der Waals surface area contributed by atoms with E-state index in [9.17, 15) is 0 Å². The van der Waals surface area contributed by atoms with Crippen LogP contribution in [0.1, 0.15) is 17.2 Å². The lowest BCUT2D eigenvalue weighted by atomic mass is 9.96. The third kappa shape index (κ3) is 2.31. The van der Waals surface area contributed by atoms with Crippen LogP contribution in [0.5, 0.6) is 0 Å². The minimum absolute atomic E-state index is 0.0000520. The lowest BCUT2D eigenvalue weighted by Crippen LogP contribution is -2.20. The number of aromatic nitrogens is 3. The minimum Gasteiger partial charge on any atom is -0.324 e. The maximum absolute atomic E-state index is 4.45. The normalized spacial score (nSPS) is 16.2. The number of rotatable bonds is 2. The van der Waals surface area contributed by atoms with Gasteiger partial charge in [0.25, 0.3) is 0 Å². The van der Waals surface area contributed by atoms with Gasteiger partial charge in [-0.2, -0.15) is 10.1 Å². The zero-order chi connectivity index (χ0) is 16.6. The second-order valence-corrected chi connectivity index (χ2v) is 6.11. The van der Waals surface area contributed by atoms with Gasteiger partial charge in [0.1, 0.15) is 12.4 Å². The summed E-state index contributed by atoms with van der Waals surface area (Å²) in [6, 6.07) is 25.2. The fourth-order valence-corrected chi connectivity index (χ4v) is 3.45. The Labute approximate surface area is 145 Å². The molecule has 0 bridgehead atoms. The first-order chi connectivity index (χ1) is 12.4. The van der Waals surface area contributed by atoms with Crippen molar-refractivity contribution >= 4 is 22.4 Å². The maximum Gasteiger partial charge on any atom is 0.226 e. The quantitative estimate of drug-likeness (QED) is 0.591. The summed E-state index contributed by atoms with van der Waals surface area (Å²) < 4.78 is 1.94. The van der Waals surface area contributed by atoms with E-state index >= 15 is 0 Å². The van der Waals surface area contributed by atoms with Crippen LogP contribution in [0.2, 0.25) is 0 Å². The average molecular weight is 324 g/mol. The van der Waals surface area contributed by atoms with E-state index in [0.29, 0.717) is 0 Å². The highest BCUT2D eigenvalue weighted by atomic mass is 15.4. The first-order valence-corrected chi connectivity index (χ1v) is 8.31. The van der Waals surface area contributed by atoms with Crippen molar-refractivity contribution in [1.82, 2.24) is 14.8 Å². The lowest BCUT2D eigenvalue weighted by Gasteiger charge is -2.25. The zero-order valence-electron chi connectivity index (χ0n) is 13.5. The smallest absolute Gasteiger partial charge is 0.226 e. The fraction of sp³-hybridized carbons (Fsp3) is 0.0476. The van der Waals surface area contributed by atoms with E-state index in [-0.39, 0.29) is 6.04 Å². The van der Waals surface area contributed by atoms with Gasteiger partial charge >= 0.3 is 0 Å². The highest BCUT2D eigenvalue weighted by Crippen LogP contribution is 2.34. The van der Waals surface area contributed by atoms with E-state index in [0.717, 1.165) is 17.2 Å². The summed E-state index contributed by atoms with van der Waals surface area (Å²) in [7, 11) is 0. The number of anilines is 1. The number of allylic oxidation sites excluding steroid dienone is 1. The van der Waals surface area contributed by atoms with E-state index in [2.05, 4.69) is 76.1 Å². The van der Waals surface area contributed by atoms with Crippen molar-refractivity contribution in [2.75, 3.05) is 5.32 Å². The molecule has 4 aromatic rings. The number of nitrogens with one attached hydrogen (secondary N) is 1. The molecule has 1 aromatic heterocycles. The molecule has 0 amide bonds. The minimum atomic E-state index is 0.0000520. The Morgan fingerprint density at radius 2 is 1.64 bits per heavy atom. The number of hydrogen-bond donors (Lipinski definition) is 1. The van der Waals surface area contributed by atoms with Gasteiger partial charge in [0.2, 0.25) is 5.95 Å². The van der Waals surface area contributed by atoms with Gasteiger partial charge in [-0.15, -0.1) is 0 Å². The number of fused-ring (bicyclic) bond motifs is 2. The van der Waals surface area contributed by atoms with Gasteiger partial charge in [-0.25, -0.2) is 4.68 Å². The van der Waals surface area contributed by atoms with Crippen LogP contribution in [0.4, 0.5) is 5.95 Å². The molecule has 3 aromatic carbocycles. The Balaban J connectivity index is 1.72. The van der Waals surface area contributed by atoms with Crippen LogP contribution < -0.4 is 5.32 Å². The van der Waals surface area contributed by atoms with E-state index in [1.165, 1.54) is 16.3 Å². The van der Waals surface area contributed by atoms with Crippen molar-refractivity contribution in [1.29, 1.82) is 0 Å². The van der Waals surface area contributed by atoms with Gasteiger partial charge in [-0.1, -0.05) is 72.8 Å². The van der Waals surface area contributed by atoms with Crippen molar-refractivity contribution < 1.29 is 0 Å². The van der Waals surface area contributed by atoms with Crippen molar-refractivity contribution in [3.05, 3.63) is 96.3 Å². The molecular formula is C21H16N4. The van der Waals surface area contributed by atoms with E-state index < -0.39 is 0 Å². The molecule has 1 atom stereocenters. The third-order valence-electron chi connectivity index (χ3n) is 4.63. The first-order valence-electron chi connectivity index (χ1n) is 8.31. The van der Waals surface area contributed by atoms with E-state index in [1.807, 2.05) is 22.9 Å². The summed E-state index contributed by atoms with van der Waals surface area (Å²) in [5.41, 5.74) is 3.42. The van der Waals surface area contributed by atoms with Crippen LogP contribution >= 0.6 is 0 Å². The molecule has 2 heterocycles. The topological polar surface area (TPSA) is 42.7 Å². The number of nitrogens with zero attached hydrogens (tertiary/aromatic N) is 3. The third-order valence-corrected chi connectivity index (χ3v) is 4.63. The molecule has 1 unspecified atom stereocenters. The summed E-state index contributed by atoms with van der Waals surface area (Å²) in [5, 5.41) is 10.3. The lowest BCUT2D eigenvalue weighted by molar-refractivity contribution is 0.615. The predicted octanol–water partition coefficient (Wildman–Crippen LogP) is 4.49. The molecule has 0 saturated heterocycles. The molecule has 1 aliphatic heterocycles. The fourth-order valence-electron chi connectivity index (χ4n) is 3.45. The molecule has 0 radical (unpaired) electrons. The number of benzene rings is 3. The molecule has 0 spiro atoms. The van der Waals surface area contributed by atoms with E-state index in [4.69, 9.17) is 0 Å². The summed E-state index contributed by atoms with van der Waals surface area (Å²) in [4.78, 5) is 4.39. The molecule has 4 heteroatoms. The monoisotopic (exact) mass is 324 g/mol. The molecule has 0 fully saturated rings. The summed E-state index contributed by atoms with van der Waals surface area (Å²) in [5.74, 6) is 0.763. The van der Waals surface area contributed by atoms with Gasteiger partial charge in [0.05, 0.1) is 0 Å². The van der Waals surface area contributed by atoms with Crippen LogP contribution in [0.15, 0.2) is 85.2 Å². The zero-order valence-corrected chi connectivity index (χ0v) is 13.5. The standard InChI is InChI=1S/C21H16N4/c1-2-8-16(9-3-1)19-13-20(25-21(24-19)22-14-23-25)18-12-6-10-15-7-4-5-11-17(15)18/h1-14,20H,(H,22,23,24). The Morgan fingerprint density at radius 3 is 2.56 bits per heavy atom. The van der Waals surface area contributed by atoms with Crippen molar-refractivity contribution in [3.8, 4) is 0 Å². The van der Waals surface area contributed by atoms with Crippen molar-refractivity contribution in [2.24, 2.45) is 0 Å². The summed E-state index contributed by atoms with van der Waals surface area (Å²) in [6.45, 7) is 0. The average Bonchev–Trinajstić information content (AvgIpc) is 3.16. The molecule has 0 aliphatic carbocycles. The second kappa shape index (κ2) is 5.60. The molecule has 1 N–H and O–H groups in total. The molecule has 5 rings (SSSR count). The Morgan fingerprint density at radius 1 is 0.840 bits per heavy atom. The van der Waals surface area contributed by atoms with Crippen molar-refractivity contribution in [2.45, 2.75) is 6.04 Å². The molecule has 1 aliphatic rings. The molecule has 0 saturated carbocycles. The summed E-state index contributed by atoms with van der Waals surface area (Å²) >= 11 is 0. The van der Waals surface area contributed by atoms with E-state index in [1.54, 1.807) is 6.33 Å². The van der Waals surface area contributed by atoms with Crippen LogP contribution in [-0.2, 0) is 0 Å². The van der Waals surface area contributed by atoms with Gasteiger partial charge in [0.15, 0.2) is 0 Å². The molecule has 25 heavy (non-hydrogen) atoms. The van der Waals surface area contributed by atoms with Gasteiger partial charge in [0, 0.05) is 5.70 Å². The Kier molecular flexibility index (Phi) is 3.13.